The molecule has 0 aromatic carbocycles. The second-order valence-corrected chi connectivity index (χ2v) is 2.48. The van der Waals surface area contributed by atoms with Gasteiger partial charge in [-0.25, -0.2) is 0 Å². The number of rotatable bonds is 6. The molecule has 0 fully saturated rings. The summed E-state index contributed by atoms with van der Waals surface area (Å²) in [6, 6.07) is 0. The molecule has 0 aliphatic heterocycles. The van der Waals surface area contributed by atoms with Gasteiger partial charge in [-0.2, -0.15) is 0 Å². The van der Waals surface area contributed by atoms with Crippen LogP contribution in [0.4, 0.5) is 0 Å². The van der Waals surface area contributed by atoms with Crippen molar-refractivity contribution in [1.82, 2.24) is 4.90 Å². The first-order valence-corrected chi connectivity index (χ1v) is 4.09. The van der Waals surface area contributed by atoms with E-state index in [1.165, 1.54) is 0 Å². The highest BCUT2D eigenvalue weighted by atomic mass is 16.3. The van der Waals surface area contributed by atoms with Gasteiger partial charge < -0.3 is 5.11 Å². The van der Waals surface area contributed by atoms with Crippen LogP contribution in [0.1, 0.15) is 20.3 Å². The second-order valence-electron chi connectivity index (χ2n) is 2.48. The van der Waals surface area contributed by atoms with Crippen molar-refractivity contribution in [1.29, 1.82) is 0 Å². The zero-order valence-corrected chi connectivity index (χ0v) is 7.34. The fourth-order valence-corrected chi connectivity index (χ4v) is 0.852. The summed E-state index contributed by atoms with van der Waals surface area (Å²) >= 11 is 0. The van der Waals surface area contributed by atoms with Crippen LogP contribution in [0.3, 0.4) is 0 Å². The van der Waals surface area contributed by atoms with Crippen molar-refractivity contribution in [3.8, 4) is 0 Å². The Morgan fingerprint density at radius 2 is 2.09 bits per heavy atom. The van der Waals surface area contributed by atoms with Gasteiger partial charge in [0.2, 0.25) is 0 Å². The van der Waals surface area contributed by atoms with Gasteiger partial charge >= 0.3 is 0 Å². The number of aliphatic hydroxyl groups is 1. The maximum absolute atomic E-state index is 10.9. The fraction of sp³-hybridized carbons (Fsp3) is 0.875. The molecule has 0 aliphatic carbocycles. The van der Waals surface area contributed by atoms with Crippen LogP contribution < -0.4 is 0 Å². The molecular weight excluding hydrogens is 142 g/mol. The molecule has 0 aromatic heterocycles. The van der Waals surface area contributed by atoms with E-state index in [4.69, 9.17) is 5.11 Å². The highest BCUT2D eigenvalue weighted by Crippen LogP contribution is 1.89. The molecule has 0 spiro atoms. The number of nitrogens with zero attached hydrogens (tertiary/aromatic N) is 1. The molecule has 1 N–H and O–H groups in total. The second kappa shape index (κ2) is 6.31. The molecule has 0 rings (SSSR count). The van der Waals surface area contributed by atoms with E-state index in [1.54, 1.807) is 0 Å². The zero-order chi connectivity index (χ0) is 8.69. The number of carbonyl (C=O) groups is 1. The summed E-state index contributed by atoms with van der Waals surface area (Å²) in [7, 11) is 0. The lowest BCUT2D eigenvalue weighted by Crippen LogP contribution is -2.31. The maximum Gasteiger partial charge on any atom is 0.146 e. The normalized spacial score (nSPS) is 10.5. The van der Waals surface area contributed by atoms with Crippen molar-refractivity contribution in [2.75, 3.05) is 26.2 Å². The van der Waals surface area contributed by atoms with E-state index in [9.17, 15) is 4.79 Å². The van der Waals surface area contributed by atoms with Gasteiger partial charge in [-0.15, -0.1) is 0 Å². The predicted octanol–water partition coefficient (Wildman–Crippen LogP) is 0.280. The Labute approximate surface area is 68.0 Å². The van der Waals surface area contributed by atoms with Crippen molar-refractivity contribution in [3.63, 3.8) is 0 Å². The van der Waals surface area contributed by atoms with Gasteiger partial charge in [0.1, 0.15) is 5.78 Å². The third kappa shape index (κ3) is 4.93. The van der Waals surface area contributed by atoms with E-state index >= 15 is 0 Å². The SMILES string of the molecule is CCC(=O)CN(CC)CCO. The van der Waals surface area contributed by atoms with Gasteiger partial charge in [0.15, 0.2) is 0 Å². The van der Waals surface area contributed by atoms with Crippen LogP contribution >= 0.6 is 0 Å². The van der Waals surface area contributed by atoms with E-state index in [1.807, 2.05) is 18.7 Å². The molecule has 0 saturated heterocycles. The minimum atomic E-state index is 0.130. The number of likely N-dealkylation sites (N-methyl/N-ethyl adjacent to an activating group) is 1. The molecule has 0 heterocycles. The van der Waals surface area contributed by atoms with Crippen molar-refractivity contribution in [3.05, 3.63) is 0 Å². The fourth-order valence-electron chi connectivity index (χ4n) is 0.852. The third-order valence-electron chi connectivity index (χ3n) is 1.66. The Kier molecular flexibility index (Phi) is 6.07. The average Bonchev–Trinajstić information content (AvgIpc) is 2.03. The number of aliphatic hydroxyl groups excluding tert-OH is 1. The van der Waals surface area contributed by atoms with E-state index in [2.05, 4.69) is 0 Å². The molecule has 0 aromatic rings. The number of Topliss-reactive ketones (excluding diaryl/α,β-unsaturated/α-hetero) is 1. The maximum atomic E-state index is 10.9. The quantitative estimate of drug-likeness (QED) is 0.605. The standard InChI is InChI=1S/C8H17NO2/c1-3-8(11)7-9(4-2)5-6-10/h10H,3-7H2,1-2H3. The summed E-state index contributed by atoms with van der Waals surface area (Å²) in [5.74, 6) is 0.236. The van der Waals surface area contributed by atoms with Gasteiger partial charge in [0, 0.05) is 13.0 Å². The Morgan fingerprint density at radius 3 is 2.45 bits per heavy atom. The minimum Gasteiger partial charge on any atom is -0.395 e. The molecule has 11 heavy (non-hydrogen) atoms. The molecule has 0 bridgehead atoms. The summed E-state index contributed by atoms with van der Waals surface area (Å²) in [6.45, 7) is 5.88. The highest BCUT2D eigenvalue weighted by molar-refractivity contribution is 5.80. The Morgan fingerprint density at radius 1 is 1.45 bits per heavy atom. The number of ketones is 1. The molecular formula is C8H17NO2. The summed E-state index contributed by atoms with van der Waals surface area (Å²) < 4.78 is 0. The van der Waals surface area contributed by atoms with Crippen LogP contribution in [-0.2, 0) is 4.79 Å². The van der Waals surface area contributed by atoms with Gasteiger partial charge in [0.25, 0.3) is 0 Å². The van der Waals surface area contributed by atoms with E-state index < -0.39 is 0 Å². The van der Waals surface area contributed by atoms with Crippen LogP contribution in [0, 0.1) is 0 Å². The van der Waals surface area contributed by atoms with E-state index in [0.717, 1.165) is 6.54 Å². The summed E-state index contributed by atoms with van der Waals surface area (Å²) in [4.78, 5) is 12.9. The highest BCUT2D eigenvalue weighted by Gasteiger charge is 2.05. The molecule has 66 valence electrons. The van der Waals surface area contributed by atoms with Crippen molar-refractivity contribution in [2.45, 2.75) is 20.3 Å². The van der Waals surface area contributed by atoms with Crippen LogP contribution in [0.2, 0.25) is 0 Å². The van der Waals surface area contributed by atoms with E-state index in [-0.39, 0.29) is 12.4 Å². The minimum absolute atomic E-state index is 0.130. The van der Waals surface area contributed by atoms with Gasteiger partial charge in [0.05, 0.1) is 13.2 Å². The molecule has 3 heteroatoms. The Bertz CT molecular complexity index is 115. The number of hydrogen-bond acceptors (Lipinski definition) is 3. The third-order valence-corrected chi connectivity index (χ3v) is 1.66. The topological polar surface area (TPSA) is 40.5 Å². The lowest BCUT2D eigenvalue weighted by Gasteiger charge is -2.17. The van der Waals surface area contributed by atoms with Gasteiger partial charge in [-0.1, -0.05) is 13.8 Å². The molecule has 0 amide bonds. The number of hydrogen-bond donors (Lipinski definition) is 1. The smallest absolute Gasteiger partial charge is 0.146 e. The Balaban J connectivity index is 3.58. The molecule has 0 atom stereocenters. The lowest BCUT2D eigenvalue weighted by molar-refractivity contribution is -0.119. The Hall–Kier alpha value is -0.410. The molecule has 0 aliphatic rings. The first kappa shape index (κ1) is 10.6. The first-order chi connectivity index (χ1) is 5.24. The van der Waals surface area contributed by atoms with Crippen LogP contribution in [0.5, 0.6) is 0 Å². The van der Waals surface area contributed by atoms with Crippen LogP contribution in [-0.4, -0.2) is 42.0 Å². The molecule has 0 saturated carbocycles. The molecule has 0 unspecified atom stereocenters. The average molecular weight is 159 g/mol. The predicted molar refractivity (Wildman–Crippen MR) is 44.5 cm³/mol. The first-order valence-electron chi connectivity index (χ1n) is 4.09. The summed E-state index contributed by atoms with van der Waals surface area (Å²) in [5, 5.41) is 8.60. The zero-order valence-electron chi connectivity index (χ0n) is 7.34. The largest absolute Gasteiger partial charge is 0.395 e. The van der Waals surface area contributed by atoms with Crippen molar-refractivity contribution < 1.29 is 9.90 Å². The van der Waals surface area contributed by atoms with Crippen LogP contribution in [0.15, 0.2) is 0 Å². The number of carbonyl (C=O) groups excluding carboxylic acids is 1. The molecule has 3 nitrogen and oxygen atoms in total. The van der Waals surface area contributed by atoms with Crippen molar-refractivity contribution >= 4 is 5.78 Å². The van der Waals surface area contributed by atoms with Gasteiger partial charge in [-0.3, -0.25) is 9.69 Å². The van der Waals surface area contributed by atoms with E-state index in [0.29, 0.717) is 19.5 Å². The van der Waals surface area contributed by atoms with Crippen molar-refractivity contribution in [2.24, 2.45) is 0 Å². The van der Waals surface area contributed by atoms with Gasteiger partial charge in [-0.05, 0) is 6.54 Å². The lowest BCUT2D eigenvalue weighted by atomic mass is 10.3. The molecule has 0 radical (unpaired) electrons. The monoisotopic (exact) mass is 159 g/mol. The van der Waals surface area contributed by atoms with Crippen LogP contribution in [0.25, 0.3) is 0 Å². The summed E-state index contributed by atoms with van der Waals surface area (Å²) in [5.41, 5.74) is 0. The summed E-state index contributed by atoms with van der Waals surface area (Å²) in [6.07, 6.45) is 0.585.